The number of benzene rings is 1. The number of ketones is 1. The SMILES string of the molecule is COCC1CCC(=O)/C(=C\c2cccc(OC)c2)C1. The highest BCUT2D eigenvalue weighted by Crippen LogP contribution is 2.28. The molecule has 1 fully saturated rings. The summed E-state index contributed by atoms with van der Waals surface area (Å²) in [5.41, 5.74) is 1.92. The summed E-state index contributed by atoms with van der Waals surface area (Å²) in [6.45, 7) is 0.725. The maximum Gasteiger partial charge on any atom is 0.158 e. The van der Waals surface area contributed by atoms with Crippen molar-refractivity contribution in [2.45, 2.75) is 19.3 Å². The molecular weight excluding hydrogens is 240 g/mol. The fraction of sp³-hybridized carbons (Fsp3) is 0.438. The number of methoxy groups -OCH3 is 2. The smallest absolute Gasteiger partial charge is 0.158 e. The Morgan fingerprint density at radius 2 is 2.21 bits per heavy atom. The maximum atomic E-state index is 12.0. The first kappa shape index (κ1) is 13.8. The Balaban J connectivity index is 2.17. The van der Waals surface area contributed by atoms with Crippen LogP contribution in [0.25, 0.3) is 6.08 Å². The zero-order valence-corrected chi connectivity index (χ0v) is 11.5. The second-order valence-corrected chi connectivity index (χ2v) is 4.93. The number of hydrogen-bond acceptors (Lipinski definition) is 3. The second-order valence-electron chi connectivity index (χ2n) is 4.93. The van der Waals surface area contributed by atoms with E-state index in [-0.39, 0.29) is 5.78 Å². The van der Waals surface area contributed by atoms with Crippen LogP contribution in [0.3, 0.4) is 0 Å². The third-order valence-electron chi connectivity index (χ3n) is 3.48. The molecule has 0 N–H and O–H groups in total. The summed E-state index contributed by atoms with van der Waals surface area (Å²) in [5, 5.41) is 0. The number of hydrogen-bond donors (Lipinski definition) is 0. The number of rotatable bonds is 4. The highest BCUT2D eigenvalue weighted by Gasteiger charge is 2.23. The van der Waals surface area contributed by atoms with Gasteiger partial charge in [0.2, 0.25) is 0 Å². The minimum Gasteiger partial charge on any atom is -0.497 e. The van der Waals surface area contributed by atoms with Crippen LogP contribution in [0.1, 0.15) is 24.8 Å². The average molecular weight is 260 g/mol. The predicted molar refractivity (Wildman–Crippen MR) is 75.2 cm³/mol. The molecule has 1 atom stereocenters. The molecule has 0 aliphatic heterocycles. The predicted octanol–water partition coefficient (Wildman–Crippen LogP) is 3.09. The van der Waals surface area contributed by atoms with Crippen LogP contribution in [0.5, 0.6) is 5.75 Å². The van der Waals surface area contributed by atoms with E-state index in [4.69, 9.17) is 9.47 Å². The highest BCUT2D eigenvalue weighted by atomic mass is 16.5. The van der Waals surface area contributed by atoms with Gasteiger partial charge in [0.1, 0.15) is 5.75 Å². The zero-order valence-electron chi connectivity index (χ0n) is 11.5. The standard InChI is InChI=1S/C16H20O3/c1-18-11-13-6-7-16(17)14(9-13)8-12-4-3-5-15(10-12)19-2/h3-5,8,10,13H,6-7,9,11H2,1-2H3/b14-8-. The summed E-state index contributed by atoms with van der Waals surface area (Å²) in [5.74, 6) is 1.53. The van der Waals surface area contributed by atoms with E-state index in [1.54, 1.807) is 14.2 Å². The Bertz CT molecular complexity index is 477. The van der Waals surface area contributed by atoms with E-state index in [1.165, 1.54) is 0 Å². The number of ether oxygens (including phenoxy) is 2. The van der Waals surface area contributed by atoms with Gasteiger partial charge in [-0.3, -0.25) is 4.79 Å². The molecule has 1 aromatic carbocycles. The summed E-state index contributed by atoms with van der Waals surface area (Å²) in [4.78, 5) is 12.0. The molecule has 1 unspecified atom stereocenters. The van der Waals surface area contributed by atoms with Gasteiger partial charge in [0.05, 0.1) is 7.11 Å². The third-order valence-corrected chi connectivity index (χ3v) is 3.48. The van der Waals surface area contributed by atoms with Crippen molar-refractivity contribution < 1.29 is 14.3 Å². The minimum absolute atomic E-state index is 0.259. The normalized spacial score (nSPS) is 21.7. The molecule has 102 valence electrons. The van der Waals surface area contributed by atoms with E-state index in [0.29, 0.717) is 12.3 Å². The largest absolute Gasteiger partial charge is 0.497 e. The fourth-order valence-electron chi connectivity index (χ4n) is 2.47. The summed E-state index contributed by atoms with van der Waals surface area (Å²) in [6.07, 6.45) is 4.35. The summed E-state index contributed by atoms with van der Waals surface area (Å²) < 4.78 is 10.4. The van der Waals surface area contributed by atoms with Crippen molar-refractivity contribution in [3.05, 3.63) is 35.4 Å². The molecule has 1 aliphatic carbocycles. The van der Waals surface area contributed by atoms with Crippen LogP contribution in [-0.2, 0) is 9.53 Å². The molecule has 0 radical (unpaired) electrons. The molecule has 0 amide bonds. The Kier molecular flexibility index (Phi) is 4.74. The molecule has 2 rings (SSSR count). The lowest BCUT2D eigenvalue weighted by Crippen LogP contribution is -2.20. The molecule has 0 spiro atoms. The Hall–Kier alpha value is -1.61. The molecule has 19 heavy (non-hydrogen) atoms. The molecule has 0 aromatic heterocycles. The molecule has 0 bridgehead atoms. The van der Waals surface area contributed by atoms with E-state index in [9.17, 15) is 4.79 Å². The number of allylic oxidation sites excluding steroid dienone is 1. The van der Waals surface area contributed by atoms with E-state index in [2.05, 4.69) is 0 Å². The molecule has 0 saturated heterocycles. The Morgan fingerprint density at radius 3 is 2.95 bits per heavy atom. The first-order valence-corrected chi connectivity index (χ1v) is 6.59. The third kappa shape index (κ3) is 3.67. The molecule has 3 nitrogen and oxygen atoms in total. The monoisotopic (exact) mass is 260 g/mol. The van der Waals surface area contributed by atoms with Crippen LogP contribution < -0.4 is 4.74 Å². The molecule has 3 heteroatoms. The van der Waals surface area contributed by atoms with Crippen molar-refractivity contribution >= 4 is 11.9 Å². The first-order chi connectivity index (χ1) is 9.22. The lowest BCUT2D eigenvalue weighted by molar-refractivity contribution is -0.117. The van der Waals surface area contributed by atoms with Gasteiger partial charge in [0.25, 0.3) is 0 Å². The molecule has 1 saturated carbocycles. The second kappa shape index (κ2) is 6.53. The lowest BCUT2D eigenvalue weighted by atomic mass is 9.84. The van der Waals surface area contributed by atoms with Gasteiger partial charge in [-0.15, -0.1) is 0 Å². The summed E-state index contributed by atoms with van der Waals surface area (Å²) in [6, 6.07) is 7.77. The van der Waals surface area contributed by atoms with Gasteiger partial charge in [-0.05, 0) is 48.1 Å². The van der Waals surface area contributed by atoms with Crippen molar-refractivity contribution in [2.75, 3.05) is 20.8 Å². The van der Waals surface area contributed by atoms with Crippen molar-refractivity contribution in [1.29, 1.82) is 0 Å². The molecule has 0 heterocycles. The van der Waals surface area contributed by atoms with Crippen molar-refractivity contribution in [3.63, 3.8) is 0 Å². The Morgan fingerprint density at radius 1 is 1.37 bits per heavy atom. The quantitative estimate of drug-likeness (QED) is 0.780. The van der Waals surface area contributed by atoms with Crippen LogP contribution in [0.4, 0.5) is 0 Å². The number of carbonyl (C=O) groups excluding carboxylic acids is 1. The van der Waals surface area contributed by atoms with Crippen LogP contribution in [0.15, 0.2) is 29.8 Å². The molecule has 1 aliphatic rings. The number of Topliss-reactive ketones (excluding diaryl/α,β-unsaturated/α-hetero) is 1. The summed E-state index contributed by atoms with van der Waals surface area (Å²) >= 11 is 0. The van der Waals surface area contributed by atoms with E-state index >= 15 is 0 Å². The van der Waals surface area contributed by atoms with E-state index in [0.717, 1.165) is 36.3 Å². The van der Waals surface area contributed by atoms with Crippen molar-refractivity contribution in [3.8, 4) is 5.75 Å². The van der Waals surface area contributed by atoms with Gasteiger partial charge in [0, 0.05) is 20.1 Å². The first-order valence-electron chi connectivity index (χ1n) is 6.59. The topological polar surface area (TPSA) is 35.5 Å². The van der Waals surface area contributed by atoms with Crippen molar-refractivity contribution in [1.82, 2.24) is 0 Å². The van der Waals surface area contributed by atoms with Gasteiger partial charge in [-0.1, -0.05) is 12.1 Å². The van der Waals surface area contributed by atoms with Gasteiger partial charge in [-0.25, -0.2) is 0 Å². The lowest BCUT2D eigenvalue weighted by Gasteiger charge is -2.22. The van der Waals surface area contributed by atoms with Crippen molar-refractivity contribution in [2.24, 2.45) is 5.92 Å². The van der Waals surface area contributed by atoms with Gasteiger partial charge >= 0.3 is 0 Å². The Labute approximate surface area is 114 Å². The van der Waals surface area contributed by atoms with E-state index in [1.807, 2.05) is 30.3 Å². The van der Waals surface area contributed by atoms with E-state index < -0.39 is 0 Å². The van der Waals surface area contributed by atoms with Crippen LogP contribution >= 0.6 is 0 Å². The van der Waals surface area contributed by atoms with Gasteiger partial charge in [-0.2, -0.15) is 0 Å². The average Bonchev–Trinajstić information content (AvgIpc) is 2.43. The van der Waals surface area contributed by atoms with Crippen LogP contribution in [0, 0.1) is 5.92 Å². The minimum atomic E-state index is 0.259. The van der Waals surface area contributed by atoms with Gasteiger partial charge in [0.15, 0.2) is 5.78 Å². The fourth-order valence-corrected chi connectivity index (χ4v) is 2.47. The van der Waals surface area contributed by atoms with Gasteiger partial charge < -0.3 is 9.47 Å². The molecule has 1 aromatic rings. The molecular formula is C16H20O3. The van der Waals surface area contributed by atoms with Crippen LogP contribution in [0.2, 0.25) is 0 Å². The maximum absolute atomic E-state index is 12.0. The zero-order chi connectivity index (χ0) is 13.7. The van der Waals surface area contributed by atoms with Crippen LogP contribution in [-0.4, -0.2) is 26.6 Å². The number of carbonyl (C=O) groups is 1. The summed E-state index contributed by atoms with van der Waals surface area (Å²) in [7, 11) is 3.36. The highest BCUT2D eigenvalue weighted by molar-refractivity contribution is 6.00.